The van der Waals surface area contributed by atoms with Gasteiger partial charge < -0.3 is 34.8 Å². The van der Waals surface area contributed by atoms with Crippen LogP contribution in [0.25, 0.3) is 62.1 Å². The van der Waals surface area contributed by atoms with E-state index in [4.69, 9.17) is 44.0 Å². The second kappa shape index (κ2) is 29.0. The molecule has 0 radical (unpaired) electrons. The van der Waals surface area contributed by atoms with Gasteiger partial charge >= 0.3 is 7.12 Å². The molecule has 24 nitrogen and oxygen atoms in total. The third-order valence-electron chi connectivity index (χ3n) is 13.4. The van der Waals surface area contributed by atoms with Crippen molar-refractivity contribution in [1.82, 2.24) is 77.1 Å². The highest BCUT2D eigenvalue weighted by atomic mass is 35.5. The first-order valence-electron chi connectivity index (χ1n) is 26.6. The zero-order valence-corrected chi connectivity index (χ0v) is 50.5. The molecule has 2 aliphatic heterocycles. The van der Waals surface area contributed by atoms with Crippen LogP contribution < -0.4 is 16.5 Å². The molecule has 0 spiro atoms. The molecule has 31 heteroatoms. The first kappa shape index (κ1) is 64.1. The Hall–Kier alpha value is -7.87. The number of pyridine rings is 3. The maximum absolute atomic E-state index is 13.5. The van der Waals surface area contributed by atoms with Crippen LogP contribution in [0.4, 0.5) is 14.6 Å². The van der Waals surface area contributed by atoms with Crippen molar-refractivity contribution in [1.29, 1.82) is 0 Å². The summed E-state index contributed by atoms with van der Waals surface area (Å²) in [7, 11) is -2.26. The van der Waals surface area contributed by atoms with Crippen molar-refractivity contribution in [3.63, 3.8) is 0 Å². The van der Waals surface area contributed by atoms with Gasteiger partial charge in [0.05, 0.1) is 65.6 Å². The van der Waals surface area contributed by atoms with Crippen LogP contribution in [0.2, 0.25) is 10.3 Å². The zero-order valence-electron chi connectivity index (χ0n) is 47.3. The lowest BCUT2D eigenvalue weighted by molar-refractivity contribution is 0.318. The molecule has 12 heterocycles. The lowest BCUT2D eigenvalue weighted by Crippen LogP contribution is -2.45. The van der Waals surface area contributed by atoms with Crippen LogP contribution >= 0.6 is 23.2 Å². The number of aromatic nitrogens is 14. The van der Waals surface area contributed by atoms with Gasteiger partial charge in [0.15, 0.2) is 16.9 Å². The molecule has 1 aliphatic carbocycles. The Labute approximate surface area is 505 Å². The third-order valence-corrected chi connectivity index (χ3v) is 16.3. The number of nitrogens with two attached hydrogens (primary N) is 1. The summed E-state index contributed by atoms with van der Waals surface area (Å²) in [6, 6.07) is 15.5. The number of fused-ring (bicyclic) bond motifs is 4. The van der Waals surface area contributed by atoms with Gasteiger partial charge in [-0.15, -0.1) is 0 Å². The first-order valence-corrected chi connectivity index (χ1v) is 31.1. The summed E-state index contributed by atoms with van der Waals surface area (Å²) in [5.41, 5.74) is 14.6. The smallest absolute Gasteiger partial charge is 0.423 e. The fourth-order valence-electron chi connectivity index (χ4n) is 9.00. The van der Waals surface area contributed by atoms with E-state index in [1.807, 2.05) is 95.9 Å². The zero-order chi connectivity index (χ0) is 61.7. The highest BCUT2D eigenvalue weighted by molar-refractivity contribution is 7.88. The predicted molar refractivity (Wildman–Crippen MR) is 327 cm³/mol. The molecule has 3 aliphatic rings. The predicted octanol–water partition coefficient (Wildman–Crippen LogP) is 5.63. The van der Waals surface area contributed by atoms with E-state index in [2.05, 4.69) is 55.2 Å². The maximum atomic E-state index is 13.5. The molecule has 2 atom stereocenters. The Morgan fingerprint density at radius 2 is 1.12 bits per heavy atom. The average molecular weight is 1250 g/mol. The van der Waals surface area contributed by atoms with Gasteiger partial charge in [-0.05, 0) is 80.3 Å². The number of hydrogen-bond donors (Lipinski definition) is 4. The third kappa shape index (κ3) is 17.2. The van der Waals surface area contributed by atoms with Crippen molar-refractivity contribution >= 4 is 101 Å². The minimum Gasteiger partial charge on any atom is -0.423 e. The normalized spacial score (nSPS) is 15.8. The molecular weight excluding hydrogens is 1190 g/mol. The maximum Gasteiger partial charge on any atom is 0.493 e. The standard InChI is InChI=1S/C18H22N6O2S.C12H9FN4.C7H6ClN3.C7H5ClN2.C6H14N2O2S.C5H5BFNO2/c1-23-10-7-15-18(23)22-16(11-20-15)14-6-3-8-19-17(14)21-13-5-4-9-24(12-13)27(2,25)26;1-17-6-4-9-12(17)16-10(7-15-9)8-3-2-5-14-11(8)13;1-11-3-2-5-7(11)10-6(8)4-9-5;8-7-4-9-5-2-1-3-6(5)10-7;1-11(9,10)8-4-2-3-6(7)5-8;7-5-4(6(9)10)2-1-3-8-5/h3,6-8,10-11,13H,4-5,9,12H2,1-2H3,(H,19,21);2-7H,1H3;2-4H,1H3;1-2,4H,3H2;6H,2-5,7H2,1H3;1-3,9-10H/t13-;;;;6-;/m0...0./s1. The van der Waals surface area contributed by atoms with Gasteiger partial charge in [0.25, 0.3) is 0 Å². The molecule has 0 aromatic carbocycles. The van der Waals surface area contributed by atoms with Crippen LogP contribution in [0.3, 0.4) is 0 Å². The second-order valence-corrected chi connectivity index (χ2v) is 24.6. The van der Waals surface area contributed by atoms with Crippen molar-refractivity contribution in [2.75, 3.05) is 44.0 Å². The second-order valence-electron chi connectivity index (χ2n) is 19.9. The van der Waals surface area contributed by atoms with Crippen LogP contribution in [0.5, 0.6) is 0 Å². The Morgan fingerprint density at radius 3 is 1.66 bits per heavy atom. The van der Waals surface area contributed by atoms with Crippen LogP contribution in [0.15, 0.2) is 123 Å². The van der Waals surface area contributed by atoms with Crippen molar-refractivity contribution in [3.8, 4) is 22.5 Å². The fourth-order valence-corrected chi connectivity index (χ4v) is 11.1. The lowest BCUT2D eigenvalue weighted by atomic mass is 9.81. The molecule has 2 fully saturated rings. The number of anilines is 1. The van der Waals surface area contributed by atoms with Crippen molar-refractivity contribution in [2.24, 2.45) is 26.9 Å². The molecule has 10 aromatic rings. The number of allylic oxidation sites excluding steroid dienone is 1. The van der Waals surface area contributed by atoms with Crippen LogP contribution in [0.1, 0.15) is 37.1 Å². The highest BCUT2D eigenvalue weighted by Gasteiger charge is 2.27. The van der Waals surface area contributed by atoms with Crippen LogP contribution in [-0.2, 0) is 47.6 Å². The Morgan fingerprint density at radius 1 is 0.616 bits per heavy atom. The summed E-state index contributed by atoms with van der Waals surface area (Å²) < 4.78 is 80.3. The van der Waals surface area contributed by atoms with Gasteiger partial charge in [0, 0.05) is 114 Å². The number of hydrogen-bond acceptors (Lipinski definition) is 19. The summed E-state index contributed by atoms with van der Waals surface area (Å²) in [4.78, 5) is 45.5. The molecular formula is C55H61BCl2F2N18O6S2. The van der Waals surface area contributed by atoms with Gasteiger partial charge in [0.1, 0.15) is 32.7 Å². The number of nitrogens with one attached hydrogen (secondary N) is 1. The van der Waals surface area contributed by atoms with Gasteiger partial charge in [-0.1, -0.05) is 35.3 Å². The van der Waals surface area contributed by atoms with E-state index in [1.165, 1.54) is 45.6 Å². The summed E-state index contributed by atoms with van der Waals surface area (Å²) in [6.07, 6.45) is 27.4. The van der Waals surface area contributed by atoms with Gasteiger partial charge in [-0.25, -0.2) is 65.3 Å². The van der Waals surface area contributed by atoms with E-state index in [-0.39, 0.29) is 17.5 Å². The fraction of sp³-hybridized carbons (Fsp3) is 0.291. The molecule has 0 saturated carbocycles. The van der Waals surface area contributed by atoms with Gasteiger partial charge in [-0.2, -0.15) is 8.78 Å². The lowest BCUT2D eigenvalue weighted by Gasteiger charge is -2.32. The summed E-state index contributed by atoms with van der Waals surface area (Å²) in [5.74, 6) is -0.687. The molecule has 13 rings (SSSR count). The minimum absolute atomic E-state index is 0.00820. The monoisotopic (exact) mass is 1250 g/mol. The molecule has 86 heavy (non-hydrogen) atoms. The highest BCUT2D eigenvalue weighted by Crippen LogP contribution is 2.28. The Balaban J connectivity index is 0.000000141. The van der Waals surface area contributed by atoms with E-state index in [1.54, 1.807) is 43.1 Å². The molecule has 2 saturated heterocycles. The number of piperidine rings is 2. The number of nitrogens with zero attached hydrogens (tertiary/aromatic N) is 16. The van der Waals surface area contributed by atoms with Gasteiger partial charge in [0.2, 0.25) is 31.9 Å². The van der Waals surface area contributed by atoms with E-state index >= 15 is 0 Å². The van der Waals surface area contributed by atoms with E-state index in [0.29, 0.717) is 53.6 Å². The SMILES string of the molecule is CS(=O)(=O)N1CCC[C@H](N)C1.Clc1cnc2c(n1)CC=C2.Cn1ccc2ncc(-c3cccnc3F)nc21.Cn1ccc2ncc(-c3cccnc3N[C@H]3CCCN(S(C)(=O)=O)C3)nc21.Cn1ccc2ncc(Cl)nc21.OB(O)c1cccnc1F. The quantitative estimate of drug-likeness (QED) is 0.111. The minimum atomic E-state index is -3.19. The average Bonchev–Trinajstić information content (AvgIpc) is 3.12. The molecule has 10 aromatic heterocycles. The van der Waals surface area contributed by atoms with Gasteiger partial charge in [-0.3, -0.25) is 15.0 Å². The molecule has 0 bridgehead atoms. The first-order chi connectivity index (χ1) is 41.0. The topological polar surface area (TPSA) is 310 Å². The largest absolute Gasteiger partial charge is 0.493 e. The van der Waals surface area contributed by atoms with Crippen molar-refractivity contribution < 1.29 is 35.7 Å². The molecule has 5 N–H and O–H groups in total. The summed E-state index contributed by atoms with van der Waals surface area (Å²) in [6.45, 7) is 2.13. The number of aryl methyl sites for hydroxylation is 3. The Kier molecular flexibility index (Phi) is 21.6. The van der Waals surface area contributed by atoms with Crippen molar-refractivity contribution in [3.05, 3.63) is 156 Å². The van der Waals surface area contributed by atoms with E-state index in [0.717, 1.165) is 88.2 Å². The number of rotatable bonds is 7. The summed E-state index contributed by atoms with van der Waals surface area (Å²) in [5, 5.41) is 21.3. The molecule has 450 valence electrons. The molecule has 0 unspecified atom stereocenters. The van der Waals surface area contributed by atoms with Crippen molar-refractivity contribution in [2.45, 2.75) is 44.2 Å². The van der Waals surface area contributed by atoms with Crippen LogP contribution in [-0.4, -0.2) is 162 Å². The van der Waals surface area contributed by atoms with E-state index < -0.39 is 39.1 Å². The number of sulfonamides is 2. The Bertz CT molecular complexity index is 4220. The number of halogens is 4. The summed E-state index contributed by atoms with van der Waals surface area (Å²) >= 11 is 11.3. The molecule has 0 amide bonds. The van der Waals surface area contributed by atoms with Crippen LogP contribution in [0, 0.1) is 11.9 Å². The van der Waals surface area contributed by atoms with E-state index in [9.17, 15) is 25.6 Å².